The number of para-hydroxylation sites is 1. The highest BCUT2D eigenvalue weighted by Gasteiger charge is 2.47. The Morgan fingerprint density at radius 3 is 2.47 bits per heavy atom. The minimum Gasteiger partial charge on any atom is -0.507 e. The Kier molecular flexibility index (Phi) is 5.47. The predicted octanol–water partition coefficient (Wildman–Crippen LogP) is 3.59. The molecule has 0 saturated carbocycles. The zero-order valence-corrected chi connectivity index (χ0v) is 18.4. The molecule has 0 spiro atoms. The molecule has 0 aliphatic carbocycles. The average molecular weight is 451 g/mol. The average Bonchev–Trinajstić information content (AvgIpc) is 3.38. The lowest BCUT2D eigenvalue weighted by atomic mass is 9.98. The van der Waals surface area contributed by atoms with E-state index in [1.807, 2.05) is 36.4 Å². The Labute approximate surface area is 195 Å². The fraction of sp³-hybridized carbons (Fsp3) is 0.115. The second kappa shape index (κ2) is 8.74. The van der Waals surface area contributed by atoms with Crippen LogP contribution >= 0.6 is 0 Å². The van der Waals surface area contributed by atoms with Crippen molar-refractivity contribution in [1.82, 2.24) is 24.6 Å². The molecule has 1 aliphatic heterocycles. The Balaban J connectivity index is 1.64. The van der Waals surface area contributed by atoms with E-state index in [1.165, 1.54) is 11.1 Å². The number of carbonyl (C=O) groups excluding carboxylic acids is 2. The van der Waals surface area contributed by atoms with Crippen LogP contribution in [0.5, 0.6) is 0 Å². The third-order valence-electron chi connectivity index (χ3n) is 5.85. The molecule has 34 heavy (non-hydrogen) atoms. The van der Waals surface area contributed by atoms with E-state index in [-0.39, 0.29) is 17.9 Å². The number of aromatic nitrogens is 4. The number of hydrogen-bond acceptors (Lipinski definition) is 6. The Morgan fingerprint density at radius 2 is 1.76 bits per heavy atom. The summed E-state index contributed by atoms with van der Waals surface area (Å²) in [7, 11) is 0. The maximum Gasteiger partial charge on any atom is 0.296 e. The fourth-order valence-electron chi connectivity index (χ4n) is 4.19. The molecular formula is C26H21N5O3. The summed E-state index contributed by atoms with van der Waals surface area (Å²) in [6.07, 6.45) is 6.38. The first kappa shape index (κ1) is 21.3. The zero-order valence-electron chi connectivity index (χ0n) is 18.4. The van der Waals surface area contributed by atoms with Crippen molar-refractivity contribution in [2.45, 2.75) is 19.5 Å². The summed E-state index contributed by atoms with van der Waals surface area (Å²) < 4.78 is 1.68. The third-order valence-corrected chi connectivity index (χ3v) is 5.85. The van der Waals surface area contributed by atoms with E-state index in [0.29, 0.717) is 17.0 Å². The molecule has 1 aromatic carbocycles. The van der Waals surface area contributed by atoms with E-state index < -0.39 is 17.7 Å². The van der Waals surface area contributed by atoms with Crippen molar-refractivity contribution in [3.63, 3.8) is 0 Å². The van der Waals surface area contributed by atoms with Crippen LogP contribution in [0.2, 0.25) is 0 Å². The lowest BCUT2D eigenvalue weighted by Gasteiger charge is -2.24. The number of aliphatic hydroxyl groups excluding tert-OH is 1. The number of aliphatic hydroxyl groups is 1. The lowest BCUT2D eigenvalue weighted by Crippen LogP contribution is -2.29. The molecule has 8 heteroatoms. The predicted molar refractivity (Wildman–Crippen MR) is 125 cm³/mol. The van der Waals surface area contributed by atoms with Gasteiger partial charge in [-0.25, -0.2) is 4.68 Å². The molecule has 1 aliphatic rings. The van der Waals surface area contributed by atoms with E-state index in [1.54, 1.807) is 54.5 Å². The standard InChI is InChI=1S/C26H21N5O3/c1-17-20(15-29-31(17)19-9-3-2-4-10-19)24(32)22-23(21-11-5-6-13-28-21)30(26(34)25(22)33)16-18-8-7-12-27-14-18/h2-15,23,32H,16H2,1H3. The third kappa shape index (κ3) is 3.65. The summed E-state index contributed by atoms with van der Waals surface area (Å²) in [5.41, 5.74) is 3.07. The Morgan fingerprint density at radius 1 is 0.971 bits per heavy atom. The quantitative estimate of drug-likeness (QED) is 0.283. The highest BCUT2D eigenvalue weighted by atomic mass is 16.3. The summed E-state index contributed by atoms with van der Waals surface area (Å²) in [4.78, 5) is 36.2. The zero-order chi connectivity index (χ0) is 23.7. The van der Waals surface area contributed by atoms with Crippen molar-refractivity contribution in [1.29, 1.82) is 0 Å². The van der Waals surface area contributed by atoms with E-state index in [9.17, 15) is 14.7 Å². The summed E-state index contributed by atoms with van der Waals surface area (Å²) in [5.74, 6) is -1.74. The Bertz CT molecular complexity index is 1380. The van der Waals surface area contributed by atoms with Crippen LogP contribution in [0.3, 0.4) is 0 Å². The topological polar surface area (TPSA) is 101 Å². The number of nitrogens with zero attached hydrogens (tertiary/aromatic N) is 5. The van der Waals surface area contributed by atoms with Gasteiger partial charge >= 0.3 is 0 Å². The number of carbonyl (C=O) groups is 2. The van der Waals surface area contributed by atoms with Crippen LogP contribution in [0.1, 0.15) is 28.6 Å². The van der Waals surface area contributed by atoms with Gasteiger partial charge in [-0.1, -0.05) is 30.3 Å². The van der Waals surface area contributed by atoms with E-state index in [2.05, 4.69) is 15.1 Å². The van der Waals surface area contributed by atoms with Crippen LogP contribution in [-0.2, 0) is 16.1 Å². The number of benzene rings is 1. The second-order valence-corrected chi connectivity index (χ2v) is 7.93. The molecule has 1 N–H and O–H groups in total. The molecule has 1 fully saturated rings. The number of hydrogen-bond donors (Lipinski definition) is 1. The molecular weight excluding hydrogens is 430 g/mol. The maximum absolute atomic E-state index is 13.2. The monoisotopic (exact) mass is 451 g/mol. The molecule has 0 bridgehead atoms. The fourth-order valence-corrected chi connectivity index (χ4v) is 4.19. The van der Waals surface area contributed by atoms with Crippen LogP contribution in [0, 0.1) is 6.92 Å². The van der Waals surface area contributed by atoms with Gasteiger partial charge in [0, 0.05) is 25.1 Å². The second-order valence-electron chi connectivity index (χ2n) is 7.93. The van der Waals surface area contributed by atoms with E-state index >= 15 is 0 Å². The van der Waals surface area contributed by atoms with Gasteiger partial charge in [0.2, 0.25) is 0 Å². The van der Waals surface area contributed by atoms with Crippen LogP contribution in [0.15, 0.2) is 91.0 Å². The summed E-state index contributed by atoms with van der Waals surface area (Å²) >= 11 is 0. The van der Waals surface area contributed by atoms with Gasteiger partial charge in [-0.2, -0.15) is 5.10 Å². The van der Waals surface area contributed by atoms with Crippen LogP contribution in [-0.4, -0.2) is 41.4 Å². The van der Waals surface area contributed by atoms with Gasteiger partial charge in [-0.3, -0.25) is 19.6 Å². The van der Waals surface area contributed by atoms with Crippen molar-refractivity contribution in [3.05, 3.63) is 114 Å². The molecule has 1 unspecified atom stereocenters. The van der Waals surface area contributed by atoms with Gasteiger partial charge in [0.1, 0.15) is 11.8 Å². The van der Waals surface area contributed by atoms with Crippen molar-refractivity contribution in [3.8, 4) is 5.69 Å². The van der Waals surface area contributed by atoms with E-state index in [0.717, 1.165) is 11.3 Å². The molecule has 3 aromatic heterocycles. The van der Waals surface area contributed by atoms with Gasteiger partial charge in [0.15, 0.2) is 0 Å². The lowest BCUT2D eigenvalue weighted by molar-refractivity contribution is -0.140. The van der Waals surface area contributed by atoms with Crippen LogP contribution in [0.4, 0.5) is 0 Å². The Hall–Kier alpha value is -4.59. The highest BCUT2D eigenvalue weighted by molar-refractivity contribution is 6.46. The van der Waals surface area contributed by atoms with Gasteiger partial charge < -0.3 is 10.0 Å². The molecule has 0 radical (unpaired) electrons. The minimum absolute atomic E-state index is 0.0108. The van der Waals surface area contributed by atoms with Crippen molar-refractivity contribution >= 4 is 17.4 Å². The normalized spacial score (nSPS) is 17.3. The summed E-state index contributed by atoms with van der Waals surface area (Å²) in [5, 5.41) is 15.7. The highest BCUT2D eigenvalue weighted by Crippen LogP contribution is 2.40. The van der Waals surface area contributed by atoms with Crippen LogP contribution in [0.25, 0.3) is 11.4 Å². The van der Waals surface area contributed by atoms with Crippen LogP contribution < -0.4 is 0 Å². The maximum atomic E-state index is 13.2. The molecule has 4 aromatic rings. The number of rotatable bonds is 5. The SMILES string of the molecule is Cc1c(C(O)=C2C(=O)C(=O)N(Cc3cccnc3)C2c2ccccn2)cnn1-c1ccccc1. The molecule has 1 saturated heterocycles. The molecule has 1 atom stereocenters. The molecule has 4 heterocycles. The van der Waals surface area contributed by atoms with Crippen molar-refractivity contribution in [2.24, 2.45) is 0 Å². The summed E-state index contributed by atoms with van der Waals surface area (Å²) in [6, 6.07) is 17.5. The van der Waals surface area contributed by atoms with Crippen molar-refractivity contribution < 1.29 is 14.7 Å². The van der Waals surface area contributed by atoms with Gasteiger partial charge in [0.05, 0.1) is 34.4 Å². The number of ketones is 1. The summed E-state index contributed by atoms with van der Waals surface area (Å²) in [6.45, 7) is 1.95. The van der Waals surface area contributed by atoms with Gasteiger partial charge in [0.25, 0.3) is 11.7 Å². The minimum atomic E-state index is -0.846. The van der Waals surface area contributed by atoms with Gasteiger partial charge in [-0.15, -0.1) is 0 Å². The molecule has 5 rings (SSSR count). The van der Waals surface area contributed by atoms with Gasteiger partial charge in [-0.05, 0) is 42.8 Å². The molecule has 1 amide bonds. The number of likely N-dealkylation sites (tertiary alicyclic amines) is 1. The first-order chi connectivity index (χ1) is 16.6. The number of Topliss-reactive ketones (excluding diaryl/α,β-unsaturated/α-hetero) is 1. The van der Waals surface area contributed by atoms with E-state index in [4.69, 9.17) is 0 Å². The van der Waals surface area contributed by atoms with Crippen molar-refractivity contribution in [2.75, 3.05) is 0 Å². The molecule has 8 nitrogen and oxygen atoms in total. The first-order valence-electron chi connectivity index (χ1n) is 10.7. The number of pyridine rings is 2. The number of amides is 1. The first-order valence-corrected chi connectivity index (χ1v) is 10.7. The molecule has 168 valence electrons. The smallest absolute Gasteiger partial charge is 0.296 e. The largest absolute Gasteiger partial charge is 0.507 e.